The average molecular weight is 281 g/mol. The number of likely N-dealkylation sites (tertiary alicyclic amines) is 1. The van der Waals surface area contributed by atoms with Crippen LogP contribution >= 0.6 is 0 Å². The molecule has 1 heterocycles. The Hall–Kier alpha value is -0.610. The Balaban J connectivity index is 1.65. The Morgan fingerprint density at radius 1 is 1.10 bits per heavy atom. The highest BCUT2D eigenvalue weighted by atomic mass is 16.1. The van der Waals surface area contributed by atoms with Gasteiger partial charge in [0.05, 0.1) is 6.54 Å². The first-order chi connectivity index (χ1) is 9.54. The molecular formula is C16H31N3O. The van der Waals surface area contributed by atoms with E-state index in [9.17, 15) is 4.79 Å². The lowest BCUT2D eigenvalue weighted by molar-refractivity contribution is -0.119. The summed E-state index contributed by atoms with van der Waals surface area (Å²) < 4.78 is 0. The van der Waals surface area contributed by atoms with Crippen molar-refractivity contribution in [3.05, 3.63) is 0 Å². The molecule has 1 saturated carbocycles. The molecule has 0 atom stereocenters. The van der Waals surface area contributed by atoms with Crippen LogP contribution in [-0.4, -0.2) is 42.5 Å². The van der Waals surface area contributed by atoms with Crippen LogP contribution in [0, 0.1) is 11.8 Å². The van der Waals surface area contributed by atoms with Crippen LogP contribution in [0.4, 0.5) is 0 Å². The van der Waals surface area contributed by atoms with Crippen LogP contribution in [0.25, 0.3) is 0 Å². The SMILES string of the molecule is CC(C)C1CCC(NC2CCN(CC(N)=O)CC2)CC1. The minimum Gasteiger partial charge on any atom is -0.369 e. The standard InChI is InChI=1S/C16H31N3O/c1-12(2)13-3-5-14(6-4-13)18-15-7-9-19(10-8-15)11-16(17)20/h12-15,18H,3-11H2,1-2H3,(H2,17,20). The molecule has 1 amide bonds. The van der Waals surface area contributed by atoms with Crippen molar-refractivity contribution >= 4 is 5.91 Å². The molecule has 4 heteroatoms. The fourth-order valence-electron chi connectivity index (χ4n) is 3.76. The first kappa shape index (κ1) is 15.8. The van der Waals surface area contributed by atoms with E-state index in [2.05, 4.69) is 24.1 Å². The number of hydrogen-bond donors (Lipinski definition) is 2. The molecule has 20 heavy (non-hydrogen) atoms. The summed E-state index contributed by atoms with van der Waals surface area (Å²) in [5.74, 6) is 1.57. The average Bonchev–Trinajstić information content (AvgIpc) is 2.41. The molecule has 1 aliphatic carbocycles. The lowest BCUT2D eigenvalue weighted by Crippen LogP contribution is -2.48. The Morgan fingerprint density at radius 2 is 1.65 bits per heavy atom. The summed E-state index contributed by atoms with van der Waals surface area (Å²) in [6.45, 7) is 7.13. The van der Waals surface area contributed by atoms with Crippen molar-refractivity contribution in [3.63, 3.8) is 0 Å². The number of amides is 1. The molecule has 0 bridgehead atoms. The van der Waals surface area contributed by atoms with Crippen LogP contribution in [0.3, 0.4) is 0 Å². The molecule has 0 aromatic heterocycles. The van der Waals surface area contributed by atoms with Crippen molar-refractivity contribution in [2.24, 2.45) is 17.6 Å². The molecule has 3 N–H and O–H groups in total. The summed E-state index contributed by atoms with van der Waals surface area (Å²) in [5.41, 5.74) is 5.25. The zero-order valence-corrected chi connectivity index (χ0v) is 13.1. The van der Waals surface area contributed by atoms with E-state index in [4.69, 9.17) is 5.73 Å². The van der Waals surface area contributed by atoms with Gasteiger partial charge in [0.15, 0.2) is 0 Å². The molecule has 4 nitrogen and oxygen atoms in total. The van der Waals surface area contributed by atoms with E-state index in [1.54, 1.807) is 0 Å². The van der Waals surface area contributed by atoms with Gasteiger partial charge in [-0.2, -0.15) is 0 Å². The van der Waals surface area contributed by atoms with Crippen LogP contribution in [0.15, 0.2) is 0 Å². The van der Waals surface area contributed by atoms with Gasteiger partial charge >= 0.3 is 0 Å². The van der Waals surface area contributed by atoms with Crippen LogP contribution in [0.2, 0.25) is 0 Å². The number of piperidine rings is 1. The van der Waals surface area contributed by atoms with Crippen LogP contribution in [0.5, 0.6) is 0 Å². The molecule has 116 valence electrons. The van der Waals surface area contributed by atoms with Crippen molar-refractivity contribution < 1.29 is 4.79 Å². The summed E-state index contributed by atoms with van der Waals surface area (Å²) >= 11 is 0. The maximum absolute atomic E-state index is 10.9. The molecule has 1 saturated heterocycles. The van der Waals surface area contributed by atoms with Gasteiger partial charge in [-0.25, -0.2) is 0 Å². The molecule has 2 aliphatic rings. The van der Waals surface area contributed by atoms with Crippen LogP contribution in [-0.2, 0) is 4.79 Å². The fourth-order valence-corrected chi connectivity index (χ4v) is 3.76. The number of nitrogens with zero attached hydrogens (tertiary/aromatic N) is 1. The molecule has 0 spiro atoms. The number of hydrogen-bond acceptors (Lipinski definition) is 3. The van der Waals surface area contributed by atoms with Crippen LogP contribution < -0.4 is 11.1 Å². The summed E-state index contributed by atoms with van der Waals surface area (Å²) in [7, 11) is 0. The predicted octanol–water partition coefficient (Wildman–Crippen LogP) is 1.74. The quantitative estimate of drug-likeness (QED) is 0.807. The molecule has 2 rings (SSSR count). The monoisotopic (exact) mass is 281 g/mol. The number of nitrogens with two attached hydrogens (primary N) is 1. The second-order valence-electron chi connectivity index (χ2n) is 7.04. The first-order valence-corrected chi connectivity index (χ1v) is 8.31. The number of carbonyl (C=O) groups is 1. The third kappa shape index (κ3) is 4.74. The molecule has 0 unspecified atom stereocenters. The minimum absolute atomic E-state index is 0.205. The second kappa shape index (κ2) is 7.41. The second-order valence-corrected chi connectivity index (χ2v) is 7.04. The largest absolute Gasteiger partial charge is 0.369 e. The van der Waals surface area contributed by atoms with Gasteiger partial charge in [0.2, 0.25) is 5.91 Å². The van der Waals surface area contributed by atoms with Crippen molar-refractivity contribution in [1.82, 2.24) is 10.2 Å². The van der Waals surface area contributed by atoms with E-state index in [-0.39, 0.29) is 5.91 Å². The Morgan fingerprint density at radius 3 is 2.15 bits per heavy atom. The molecule has 1 aliphatic heterocycles. The van der Waals surface area contributed by atoms with Gasteiger partial charge in [-0.15, -0.1) is 0 Å². The van der Waals surface area contributed by atoms with E-state index in [1.165, 1.54) is 25.7 Å². The van der Waals surface area contributed by atoms with E-state index in [0.717, 1.165) is 43.8 Å². The molecule has 0 aromatic carbocycles. The summed E-state index contributed by atoms with van der Waals surface area (Å²) in [6.07, 6.45) is 7.75. The highest BCUT2D eigenvalue weighted by Gasteiger charge is 2.26. The maximum atomic E-state index is 10.9. The lowest BCUT2D eigenvalue weighted by atomic mass is 9.79. The van der Waals surface area contributed by atoms with Crippen molar-refractivity contribution in [3.8, 4) is 0 Å². The van der Waals surface area contributed by atoms with Gasteiger partial charge in [-0.1, -0.05) is 13.8 Å². The lowest BCUT2D eigenvalue weighted by Gasteiger charge is -2.37. The summed E-state index contributed by atoms with van der Waals surface area (Å²) in [6, 6.07) is 1.36. The van der Waals surface area contributed by atoms with Gasteiger partial charge in [0.1, 0.15) is 0 Å². The van der Waals surface area contributed by atoms with Gasteiger partial charge in [0, 0.05) is 25.2 Å². The molecular weight excluding hydrogens is 250 g/mol. The molecule has 0 radical (unpaired) electrons. The Labute approximate surface area is 123 Å². The Bertz CT molecular complexity index is 303. The number of rotatable bonds is 5. The van der Waals surface area contributed by atoms with E-state index < -0.39 is 0 Å². The van der Waals surface area contributed by atoms with Crippen molar-refractivity contribution in [2.75, 3.05) is 19.6 Å². The molecule has 0 aromatic rings. The summed E-state index contributed by atoms with van der Waals surface area (Å²) in [4.78, 5) is 13.1. The normalized spacial score (nSPS) is 29.8. The first-order valence-electron chi connectivity index (χ1n) is 8.31. The van der Waals surface area contributed by atoms with Gasteiger partial charge in [-0.05, 0) is 50.4 Å². The fraction of sp³-hybridized carbons (Fsp3) is 0.938. The third-order valence-corrected chi connectivity index (χ3v) is 5.15. The van der Waals surface area contributed by atoms with Gasteiger partial charge in [-0.3, -0.25) is 9.69 Å². The number of primary amides is 1. The molecule has 2 fully saturated rings. The topological polar surface area (TPSA) is 58.4 Å². The minimum atomic E-state index is -0.205. The van der Waals surface area contributed by atoms with E-state index in [0.29, 0.717) is 12.6 Å². The van der Waals surface area contributed by atoms with Crippen molar-refractivity contribution in [2.45, 2.75) is 64.5 Å². The smallest absolute Gasteiger partial charge is 0.231 e. The van der Waals surface area contributed by atoms with Gasteiger partial charge < -0.3 is 11.1 Å². The maximum Gasteiger partial charge on any atom is 0.231 e. The van der Waals surface area contributed by atoms with Crippen molar-refractivity contribution in [1.29, 1.82) is 0 Å². The highest BCUT2D eigenvalue weighted by Crippen LogP contribution is 2.30. The van der Waals surface area contributed by atoms with E-state index >= 15 is 0 Å². The van der Waals surface area contributed by atoms with Gasteiger partial charge in [0.25, 0.3) is 0 Å². The third-order valence-electron chi connectivity index (χ3n) is 5.15. The van der Waals surface area contributed by atoms with E-state index in [1.807, 2.05) is 0 Å². The number of carbonyl (C=O) groups excluding carboxylic acids is 1. The Kier molecular flexibility index (Phi) is 5.85. The number of nitrogens with one attached hydrogen (secondary N) is 1. The zero-order valence-electron chi connectivity index (χ0n) is 13.1. The van der Waals surface area contributed by atoms with Crippen LogP contribution in [0.1, 0.15) is 52.4 Å². The highest BCUT2D eigenvalue weighted by molar-refractivity contribution is 5.75. The zero-order chi connectivity index (χ0) is 14.5. The predicted molar refractivity (Wildman–Crippen MR) is 82.4 cm³/mol. The summed E-state index contributed by atoms with van der Waals surface area (Å²) in [5, 5.41) is 3.85.